The average molecular weight is 386 g/mol. The topological polar surface area (TPSA) is 61.4 Å². The van der Waals surface area contributed by atoms with Gasteiger partial charge in [-0.05, 0) is 18.2 Å². The Hall–Kier alpha value is -2.55. The summed E-state index contributed by atoms with van der Waals surface area (Å²) >= 11 is 5.63. The molecule has 10 heteroatoms. The Labute approximate surface area is 152 Å². The highest BCUT2D eigenvalue weighted by Gasteiger charge is 2.33. The van der Waals surface area contributed by atoms with E-state index in [2.05, 4.69) is 15.3 Å². The van der Waals surface area contributed by atoms with Crippen molar-refractivity contribution in [3.8, 4) is 0 Å². The summed E-state index contributed by atoms with van der Waals surface area (Å²) in [5, 5.41) is 2.48. The molecule has 0 saturated carbocycles. The molecule has 1 aromatic heterocycles. The summed E-state index contributed by atoms with van der Waals surface area (Å²) in [5.41, 5.74) is -0.694. The highest BCUT2D eigenvalue weighted by molar-refractivity contribution is 6.31. The van der Waals surface area contributed by atoms with Gasteiger partial charge in [-0.3, -0.25) is 4.79 Å². The van der Waals surface area contributed by atoms with Crippen LogP contribution in [0.1, 0.15) is 5.56 Å². The van der Waals surface area contributed by atoms with Crippen LogP contribution in [0.4, 0.5) is 30.5 Å². The van der Waals surface area contributed by atoms with Gasteiger partial charge in [0.1, 0.15) is 18.0 Å². The average Bonchev–Trinajstić information content (AvgIpc) is 2.63. The highest BCUT2D eigenvalue weighted by atomic mass is 35.5. The number of nitrogens with one attached hydrogen (secondary N) is 1. The molecule has 1 aromatic carbocycles. The number of alkyl halides is 3. The number of piperazine rings is 1. The predicted octanol–water partition coefficient (Wildman–Crippen LogP) is 3.17. The maximum atomic E-state index is 13.0. The standard InChI is InChI=1S/C16H15ClF3N5O/c17-13-2-1-11(7-12(13)16(18,19)20)23-14-8-15(22-9-21-14)25-5-3-24(10-26)4-6-25/h1-2,7-10H,3-6H2,(H,21,22,23). The summed E-state index contributed by atoms with van der Waals surface area (Å²) in [7, 11) is 0. The van der Waals surface area contributed by atoms with Gasteiger partial charge < -0.3 is 15.1 Å². The van der Waals surface area contributed by atoms with Gasteiger partial charge in [-0.25, -0.2) is 9.97 Å². The number of halogens is 4. The number of hydrogen-bond donors (Lipinski definition) is 1. The molecule has 2 aromatic rings. The molecule has 1 amide bonds. The van der Waals surface area contributed by atoms with Crippen LogP contribution >= 0.6 is 11.6 Å². The van der Waals surface area contributed by atoms with Gasteiger partial charge in [0.15, 0.2) is 0 Å². The van der Waals surface area contributed by atoms with E-state index in [0.717, 1.165) is 12.5 Å². The third kappa shape index (κ3) is 4.16. The van der Waals surface area contributed by atoms with Crippen LogP contribution in [0.2, 0.25) is 5.02 Å². The monoisotopic (exact) mass is 385 g/mol. The van der Waals surface area contributed by atoms with E-state index < -0.39 is 11.7 Å². The zero-order chi connectivity index (χ0) is 18.7. The number of hydrogen-bond acceptors (Lipinski definition) is 5. The molecule has 0 bridgehead atoms. The molecule has 0 spiro atoms. The fourth-order valence-electron chi connectivity index (χ4n) is 2.61. The first-order valence-corrected chi connectivity index (χ1v) is 8.15. The molecule has 0 atom stereocenters. The normalized spacial score (nSPS) is 15.1. The molecular weight excluding hydrogens is 371 g/mol. The van der Waals surface area contributed by atoms with Gasteiger partial charge >= 0.3 is 6.18 Å². The number of anilines is 3. The Bertz CT molecular complexity index is 794. The summed E-state index contributed by atoms with van der Waals surface area (Å²) in [5.74, 6) is 1.00. The largest absolute Gasteiger partial charge is 0.417 e. The van der Waals surface area contributed by atoms with Crippen LogP contribution in [-0.4, -0.2) is 47.5 Å². The zero-order valence-corrected chi connectivity index (χ0v) is 14.3. The van der Waals surface area contributed by atoms with Crippen LogP contribution in [-0.2, 0) is 11.0 Å². The van der Waals surface area contributed by atoms with Crippen molar-refractivity contribution in [1.29, 1.82) is 0 Å². The van der Waals surface area contributed by atoms with E-state index in [1.54, 1.807) is 11.0 Å². The lowest BCUT2D eigenvalue weighted by Gasteiger charge is -2.33. The minimum Gasteiger partial charge on any atom is -0.353 e. The molecule has 1 saturated heterocycles. The van der Waals surface area contributed by atoms with Crippen molar-refractivity contribution < 1.29 is 18.0 Å². The first-order valence-electron chi connectivity index (χ1n) is 7.77. The Morgan fingerprint density at radius 1 is 1.12 bits per heavy atom. The lowest BCUT2D eigenvalue weighted by molar-refractivity contribution is -0.137. The molecule has 0 unspecified atom stereocenters. The molecule has 1 fully saturated rings. The SMILES string of the molecule is O=CN1CCN(c2cc(Nc3ccc(Cl)c(C(F)(F)F)c3)ncn2)CC1. The van der Waals surface area contributed by atoms with Crippen LogP contribution in [0, 0.1) is 0 Å². The smallest absolute Gasteiger partial charge is 0.353 e. The number of nitrogens with zero attached hydrogens (tertiary/aromatic N) is 4. The lowest BCUT2D eigenvalue weighted by Crippen LogP contribution is -2.46. The van der Waals surface area contributed by atoms with Gasteiger partial charge in [0.25, 0.3) is 0 Å². The molecule has 0 aliphatic carbocycles. The van der Waals surface area contributed by atoms with Crippen molar-refractivity contribution in [3.05, 3.63) is 41.2 Å². The molecule has 26 heavy (non-hydrogen) atoms. The number of carbonyl (C=O) groups is 1. The van der Waals surface area contributed by atoms with Gasteiger partial charge in [0.05, 0.1) is 10.6 Å². The Morgan fingerprint density at radius 2 is 1.85 bits per heavy atom. The number of amides is 1. The van der Waals surface area contributed by atoms with Crippen molar-refractivity contribution in [2.24, 2.45) is 0 Å². The van der Waals surface area contributed by atoms with Crippen LogP contribution in [0.5, 0.6) is 0 Å². The Kier molecular flexibility index (Phi) is 5.17. The fourth-order valence-corrected chi connectivity index (χ4v) is 2.84. The van der Waals surface area contributed by atoms with Crippen molar-refractivity contribution >= 4 is 35.3 Å². The highest BCUT2D eigenvalue weighted by Crippen LogP contribution is 2.36. The van der Waals surface area contributed by atoms with Crippen LogP contribution in [0.25, 0.3) is 0 Å². The predicted molar refractivity (Wildman–Crippen MR) is 91.6 cm³/mol. The third-order valence-electron chi connectivity index (χ3n) is 3.98. The first-order chi connectivity index (χ1) is 12.4. The molecule has 0 radical (unpaired) electrons. The molecule has 3 rings (SSSR count). The van der Waals surface area contributed by atoms with E-state index >= 15 is 0 Å². The quantitative estimate of drug-likeness (QED) is 0.819. The van der Waals surface area contributed by atoms with E-state index in [4.69, 9.17) is 11.6 Å². The van der Waals surface area contributed by atoms with Gasteiger partial charge in [-0.1, -0.05) is 11.6 Å². The number of aromatic nitrogens is 2. The van der Waals surface area contributed by atoms with Crippen molar-refractivity contribution in [1.82, 2.24) is 14.9 Å². The molecular formula is C16H15ClF3N5O. The maximum absolute atomic E-state index is 13.0. The molecule has 1 N–H and O–H groups in total. The zero-order valence-electron chi connectivity index (χ0n) is 13.5. The number of benzene rings is 1. The van der Waals surface area contributed by atoms with Gasteiger partial charge in [-0.15, -0.1) is 0 Å². The summed E-state index contributed by atoms with van der Waals surface area (Å²) in [6, 6.07) is 5.22. The van der Waals surface area contributed by atoms with Crippen molar-refractivity contribution in [3.63, 3.8) is 0 Å². The second kappa shape index (κ2) is 7.36. The number of carbonyl (C=O) groups excluding carboxylic acids is 1. The summed E-state index contributed by atoms with van der Waals surface area (Å²) in [4.78, 5) is 22.7. The fraction of sp³-hybridized carbons (Fsp3) is 0.312. The molecule has 1 aliphatic heterocycles. The van der Waals surface area contributed by atoms with Crippen molar-refractivity contribution in [2.45, 2.75) is 6.18 Å². The Morgan fingerprint density at radius 3 is 2.50 bits per heavy atom. The van der Waals surface area contributed by atoms with Crippen LogP contribution < -0.4 is 10.2 Å². The van der Waals surface area contributed by atoms with Gasteiger partial charge in [-0.2, -0.15) is 13.2 Å². The van der Waals surface area contributed by atoms with Crippen LogP contribution in [0.3, 0.4) is 0 Å². The minimum atomic E-state index is -4.54. The first kappa shape index (κ1) is 18.2. The van der Waals surface area contributed by atoms with E-state index in [1.165, 1.54) is 18.5 Å². The van der Waals surface area contributed by atoms with Gasteiger partial charge in [0, 0.05) is 37.9 Å². The lowest BCUT2D eigenvalue weighted by atomic mass is 10.2. The molecule has 1 aliphatic rings. The second-order valence-electron chi connectivity index (χ2n) is 5.71. The van der Waals surface area contributed by atoms with E-state index in [9.17, 15) is 18.0 Å². The molecule has 138 valence electrons. The number of rotatable bonds is 4. The summed E-state index contributed by atoms with van der Waals surface area (Å²) in [6.07, 6.45) is -2.39. The minimum absolute atomic E-state index is 0.220. The molecule has 6 nitrogen and oxygen atoms in total. The third-order valence-corrected chi connectivity index (χ3v) is 4.31. The van der Waals surface area contributed by atoms with E-state index in [0.29, 0.717) is 37.8 Å². The summed E-state index contributed by atoms with van der Waals surface area (Å²) in [6.45, 7) is 2.41. The van der Waals surface area contributed by atoms with Gasteiger partial charge in [0.2, 0.25) is 6.41 Å². The maximum Gasteiger partial charge on any atom is 0.417 e. The van der Waals surface area contributed by atoms with Crippen molar-refractivity contribution in [2.75, 3.05) is 36.4 Å². The van der Waals surface area contributed by atoms with Crippen LogP contribution in [0.15, 0.2) is 30.6 Å². The molecule has 2 heterocycles. The Balaban J connectivity index is 1.76. The van der Waals surface area contributed by atoms with E-state index in [1.807, 2.05) is 4.90 Å². The summed E-state index contributed by atoms with van der Waals surface area (Å²) < 4.78 is 38.9. The second-order valence-corrected chi connectivity index (χ2v) is 6.11. The van der Waals surface area contributed by atoms with E-state index in [-0.39, 0.29) is 10.7 Å².